The van der Waals surface area contributed by atoms with Crippen molar-refractivity contribution in [2.24, 2.45) is 0 Å². The minimum atomic E-state index is -3.68. The van der Waals surface area contributed by atoms with Gasteiger partial charge in [0.15, 0.2) is 0 Å². The number of nitrogens with zero attached hydrogens (tertiary/aromatic N) is 2. The first-order valence-corrected chi connectivity index (χ1v) is 13.6. The maximum atomic E-state index is 13.2. The lowest BCUT2D eigenvalue weighted by Gasteiger charge is -2.27. The van der Waals surface area contributed by atoms with Crippen molar-refractivity contribution in [1.29, 1.82) is 0 Å². The molecule has 0 aromatic heterocycles. The van der Waals surface area contributed by atoms with Crippen LogP contribution in [0.25, 0.3) is 0 Å². The minimum Gasteiger partial charge on any atom is -0.323 e. The van der Waals surface area contributed by atoms with Crippen LogP contribution >= 0.6 is 23.4 Å². The number of hydrogen-bond acceptors (Lipinski definition) is 5. The Kier molecular flexibility index (Phi) is 7.33. The quantitative estimate of drug-likeness (QED) is 0.649. The van der Waals surface area contributed by atoms with Gasteiger partial charge in [-0.3, -0.25) is 9.59 Å². The molecular formula is C23H26ClN3O4S2. The molecule has 0 spiro atoms. The van der Waals surface area contributed by atoms with Gasteiger partial charge in [-0.05, 0) is 43.2 Å². The average molecular weight is 508 g/mol. The fraction of sp³-hybridized carbons (Fsp3) is 0.391. The number of benzene rings is 2. The van der Waals surface area contributed by atoms with Gasteiger partial charge in [-0.2, -0.15) is 4.31 Å². The number of carbonyl (C=O) groups is 2. The van der Waals surface area contributed by atoms with E-state index in [2.05, 4.69) is 5.32 Å². The van der Waals surface area contributed by atoms with Crippen LogP contribution in [0.2, 0.25) is 5.02 Å². The molecule has 2 aliphatic heterocycles. The highest BCUT2D eigenvalue weighted by molar-refractivity contribution is 8.00. The first-order valence-electron chi connectivity index (χ1n) is 10.9. The molecule has 2 aromatic rings. The first-order chi connectivity index (χ1) is 15.8. The van der Waals surface area contributed by atoms with Crippen LogP contribution in [0.5, 0.6) is 0 Å². The van der Waals surface area contributed by atoms with E-state index in [1.54, 1.807) is 36.4 Å². The van der Waals surface area contributed by atoms with E-state index in [4.69, 9.17) is 11.6 Å². The van der Waals surface area contributed by atoms with Crippen molar-refractivity contribution in [1.82, 2.24) is 4.31 Å². The maximum absolute atomic E-state index is 13.2. The zero-order valence-electron chi connectivity index (χ0n) is 18.3. The molecule has 1 atom stereocenters. The Labute approximate surface area is 203 Å². The highest BCUT2D eigenvalue weighted by atomic mass is 35.5. The number of rotatable bonds is 5. The van der Waals surface area contributed by atoms with Crippen molar-refractivity contribution >= 4 is 56.6 Å². The molecule has 176 valence electrons. The molecule has 1 fully saturated rings. The summed E-state index contributed by atoms with van der Waals surface area (Å²) in [6, 6.07) is 11.7. The lowest BCUT2D eigenvalue weighted by Crippen LogP contribution is -2.39. The van der Waals surface area contributed by atoms with Crippen molar-refractivity contribution in [3.63, 3.8) is 0 Å². The molecule has 4 rings (SSSR count). The summed E-state index contributed by atoms with van der Waals surface area (Å²) in [6.07, 6.45) is 2.94. The average Bonchev–Trinajstić information content (AvgIpc) is 2.90. The van der Waals surface area contributed by atoms with E-state index in [0.717, 1.165) is 24.2 Å². The van der Waals surface area contributed by atoms with Gasteiger partial charge in [-0.15, -0.1) is 11.8 Å². The number of sulfonamides is 1. The summed E-state index contributed by atoms with van der Waals surface area (Å²) >= 11 is 7.65. The van der Waals surface area contributed by atoms with Gasteiger partial charge in [0.05, 0.1) is 21.3 Å². The second-order valence-corrected chi connectivity index (χ2v) is 12.1. The number of para-hydroxylation sites is 1. The van der Waals surface area contributed by atoms with Crippen LogP contribution < -0.4 is 10.2 Å². The standard InChI is InChI=1S/C23H26ClN3O4S2/c1-16-13-23(29)27(15-22(28)25-19-8-4-3-7-18(19)24)20-14-17(9-10-21(20)32-16)33(30,31)26-11-5-2-6-12-26/h3-4,7-10,14,16H,2,5-6,11-13,15H2,1H3,(H,25,28)/t16-/m1/s1. The summed E-state index contributed by atoms with van der Waals surface area (Å²) in [6.45, 7) is 2.69. The number of carbonyl (C=O) groups excluding carboxylic acids is 2. The molecule has 0 unspecified atom stereocenters. The molecule has 7 nitrogen and oxygen atoms in total. The summed E-state index contributed by atoms with van der Waals surface area (Å²) in [5.41, 5.74) is 0.901. The number of hydrogen-bond donors (Lipinski definition) is 1. The Morgan fingerprint density at radius 2 is 1.88 bits per heavy atom. The van der Waals surface area contributed by atoms with Crippen molar-refractivity contribution in [2.75, 3.05) is 29.9 Å². The van der Waals surface area contributed by atoms with Crippen LogP contribution in [0.15, 0.2) is 52.3 Å². The van der Waals surface area contributed by atoms with Gasteiger partial charge >= 0.3 is 0 Å². The fourth-order valence-electron chi connectivity index (χ4n) is 4.04. The molecule has 2 aromatic carbocycles. The Morgan fingerprint density at radius 1 is 1.15 bits per heavy atom. The van der Waals surface area contributed by atoms with Crippen molar-refractivity contribution in [3.05, 3.63) is 47.5 Å². The minimum absolute atomic E-state index is 0.00238. The number of anilines is 2. The van der Waals surface area contributed by atoms with E-state index < -0.39 is 15.9 Å². The number of thioether (sulfide) groups is 1. The zero-order valence-corrected chi connectivity index (χ0v) is 20.7. The smallest absolute Gasteiger partial charge is 0.244 e. The van der Waals surface area contributed by atoms with Crippen molar-refractivity contribution in [3.8, 4) is 0 Å². The molecule has 2 aliphatic rings. The van der Waals surface area contributed by atoms with Crippen molar-refractivity contribution in [2.45, 2.75) is 47.6 Å². The van der Waals surface area contributed by atoms with Crippen LogP contribution in [0, 0.1) is 0 Å². The summed E-state index contributed by atoms with van der Waals surface area (Å²) < 4.78 is 28.0. The van der Waals surface area contributed by atoms with E-state index >= 15 is 0 Å². The third kappa shape index (κ3) is 5.37. The Morgan fingerprint density at radius 3 is 2.61 bits per heavy atom. The van der Waals surface area contributed by atoms with Gasteiger partial charge in [0.25, 0.3) is 0 Å². The molecule has 2 heterocycles. The van der Waals surface area contributed by atoms with Crippen LogP contribution in [0.1, 0.15) is 32.6 Å². The first kappa shape index (κ1) is 24.1. The van der Waals surface area contributed by atoms with E-state index in [9.17, 15) is 18.0 Å². The molecule has 1 N–H and O–H groups in total. The number of halogens is 1. The molecule has 0 bridgehead atoms. The molecule has 0 radical (unpaired) electrons. The Hall–Kier alpha value is -2.07. The third-order valence-electron chi connectivity index (χ3n) is 5.71. The van der Waals surface area contributed by atoms with Crippen molar-refractivity contribution < 1.29 is 18.0 Å². The van der Waals surface area contributed by atoms with Crippen LogP contribution in [-0.4, -0.2) is 49.4 Å². The predicted molar refractivity (Wildman–Crippen MR) is 131 cm³/mol. The lowest BCUT2D eigenvalue weighted by molar-refractivity contribution is -0.121. The van der Waals surface area contributed by atoms with E-state index in [1.165, 1.54) is 27.0 Å². The topological polar surface area (TPSA) is 86.8 Å². The molecule has 2 amide bonds. The molecule has 1 saturated heterocycles. The third-order valence-corrected chi connectivity index (χ3v) is 9.11. The summed E-state index contributed by atoms with van der Waals surface area (Å²) in [5.74, 6) is -0.637. The molecule has 0 aliphatic carbocycles. The number of amides is 2. The normalized spacial score (nSPS) is 19.6. The van der Waals surface area contributed by atoms with E-state index in [-0.39, 0.29) is 29.0 Å². The summed E-state index contributed by atoms with van der Waals surface area (Å²) in [7, 11) is -3.68. The Balaban J connectivity index is 1.65. The predicted octanol–water partition coefficient (Wildman–Crippen LogP) is 4.37. The van der Waals surface area contributed by atoms with Gasteiger partial charge in [0.1, 0.15) is 6.54 Å². The molecular weight excluding hydrogens is 482 g/mol. The lowest BCUT2D eigenvalue weighted by atomic mass is 10.2. The van der Waals surface area contributed by atoms with Crippen LogP contribution in [0.4, 0.5) is 11.4 Å². The molecule has 10 heteroatoms. The maximum Gasteiger partial charge on any atom is 0.244 e. The molecule has 0 saturated carbocycles. The fourth-order valence-corrected chi connectivity index (χ4v) is 6.86. The van der Waals surface area contributed by atoms with Gasteiger partial charge in [0.2, 0.25) is 21.8 Å². The Bertz CT molecular complexity index is 1170. The van der Waals surface area contributed by atoms with E-state index in [0.29, 0.717) is 29.5 Å². The number of fused-ring (bicyclic) bond motifs is 1. The summed E-state index contributed by atoms with van der Waals surface area (Å²) in [4.78, 5) is 28.2. The van der Waals surface area contributed by atoms with Gasteiger partial charge in [-0.1, -0.05) is 37.1 Å². The van der Waals surface area contributed by atoms with Gasteiger partial charge < -0.3 is 10.2 Å². The van der Waals surface area contributed by atoms with Crippen LogP contribution in [-0.2, 0) is 19.6 Å². The number of piperidine rings is 1. The van der Waals surface area contributed by atoms with E-state index in [1.807, 2.05) is 6.92 Å². The largest absolute Gasteiger partial charge is 0.323 e. The second kappa shape index (κ2) is 10.0. The summed E-state index contributed by atoms with van der Waals surface area (Å²) in [5, 5.41) is 3.13. The zero-order chi connectivity index (χ0) is 23.6. The second-order valence-electron chi connectivity index (χ2n) is 8.23. The van der Waals surface area contributed by atoms with Gasteiger partial charge in [0, 0.05) is 29.7 Å². The van der Waals surface area contributed by atoms with Crippen LogP contribution in [0.3, 0.4) is 0 Å². The monoisotopic (exact) mass is 507 g/mol. The highest BCUT2D eigenvalue weighted by Gasteiger charge is 2.31. The molecule has 33 heavy (non-hydrogen) atoms. The highest BCUT2D eigenvalue weighted by Crippen LogP contribution is 2.40. The SMILES string of the molecule is C[C@@H]1CC(=O)N(CC(=O)Nc2ccccc2Cl)c2cc(S(=O)(=O)N3CCCCC3)ccc2S1. The van der Waals surface area contributed by atoms with Gasteiger partial charge in [-0.25, -0.2) is 8.42 Å². The number of nitrogens with one attached hydrogen (secondary N) is 1.